The van der Waals surface area contributed by atoms with Crippen molar-refractivity contribution >= 4 is 22.4 Å². The van der Waals surface area contributed by atoms with Crippen molar-refractivity contribution in [3.63, 3.8) is 0 Å². The second-order valence-corrected chi connectivity index (χ2v) is 9.85. The van der Waals surface area contributed by atoms with Gasteiger partial charge in [0.25, 0.3) is 0 Å². The third-order valence-electron chi connectivity index (χ3n) is 7.93. The van der Waals surface area contributed by atoms with Gasteiger partial charge in [-0.2, -0.15) is 5.26 Å². The molecule has 1 fully saturated rings. The second kappa shape index (κ2) is 7.94. The van der Waals surface area contributed by atoms with Gasteiger partial charge in [0.15, 0.2) is 0 Å². The van der Waals surface area contributed by atoms with E-state index in [2.05, 4.69) is 20.5 Å². The van der Waals surface area contributed by atoms with Crippen LogP contribution in [0.1, 0.15) is 47.6 Å². The summed E-state index contributed by atoms with van der Waals surface area (Å²) in [5, 5.41) is 11.8. The minimum Gasteiger partial charge on any atom is -0.456 e. The summed E-state index contributed by atoms with van der Waals surface area (Å²) in [6.45, 7) is 3.85. The number of carbonyl (C=O) groups excluding carboxylic acids is 1. The lowest BCUT2D eigenvalue weighted by Gasteiger charge is -2.42. The summed E-state index contributed by atoms with van der Waals surface area (Å²) < 4.78 is 8.66. The lowest BCUT2D eigenvalue weighted by Crippen LogP contribution is -2.52. The van der Waals surface area contributed by atoms with Crippen LogP contribution < -0.4 is 9.64 Å². The van der Waals surface area contributed by atoms with Gasteiger partial charge in [-0.05, 0) is 61.0 Å². The molecule has 6 aliphatic heterocycles. The first kappa shape index (κ1) is 21.2. The molecule has 0 radical (unpaired) electrons. The molecule has 7 nitrogen and oxygen atoms in total. The Morgan fingerprint density at radius 2 is 1.94 bits per heavy atom. The first-order chi connectivity index (χ1) is 17.6. The van der Waals surface area contributed by atoms with Crippen molar-refractivity contribution in [2.24, 2.45) is 0 Å². The number of nitrogens with zero attached hydrogens (tertiary/aromatic N) is 5. The molecular weight excluding hydrogens is 450 g/mol. The number of rotatable bonds is 0. The predicted molar refractivity (Wildman–Crippen MR) is 136 cm³/mol. The first-order valence-electron chi connectivity index (χ1n) is 12.4. The second-order valence-electron chi connectivity index (χ2n) is 9.85. The average molecular weight is 476 g/mol. The molecule has 1 aromatic heterocycles. The van der Waals surface area contributed by atoms with E-state index in [-0.39, 0.29) is 18.0 Å². The monoisotopic (exact) mass is 475 g/mol. The topological polar surface area (TPSA) is 74.4 Å². The fraction of sp³-hybridized carbons (Fsp3) is 0.276. The number of carbonyl (C=O) groups is 1. The molecule has 1 unspecified atom stereocenters. The zero-order valence-electron chi connectivity index (χ0n) is 20.0. The van der Waals surface area contributed by atoms with Gasteiger partial charge in [0.2, 0.25) is 5.91 Å². The number of hydrogen-bond donors (Lipinski definition) is 0. The zero-order chi connectivity index (χ0) is 24.4. The normalized spacial score (nSPS) is 22.5. The van der Waals surface area contributed by atoms with Crippen LogP contribution in [0.4, 0.5) is 5.69 Å². The number of aromatic nitrogens is 2. The SMILES string of the molecule is Cc1ncc2n1[C@@H]1CC[C@@H]2N2CCN(C(=O)C2)c2cccc3ccc(cc23)Oc2cc1ccc2C#N. The standard InChI is InChI=1S/C29H25N5O2/c1-18-31-16-27-26-10-9-24(34(18)27)20-5-6-21(15-30)28(13-20)36-22-8-7-19-3-2-4-25(23(19)14-22)33-12-11-32(26)17-29(33)35/h2-8,13-14,16,24,26H,9-12,17H2,1H3/t24-,26+/m1/s1. The number of benzene rings is 3. The van der Waals surface area contributed by atoms with Crippen LogP contribution in [-0.2, 0) is 4.79 Å². The van der Waals surface area contributed by atoms with E-state index < -0.39 is 0 Å². The van der Waals surface area contributed by atoms with Crippen LogP contribution in [0.2, 0.25) is 0 Å². The molecule has 10 rings (SSSR count). The largest absolute Gasteiger partial charge is 0.456 e. The molecule has 0 spiro atoms. The number of hydrogen-bond acceptors (Lipinski definition) is 5. The van der Waals surface area contributed by atoms with Gasteiger partial charge in [-0.1, -0.05) is 24.3 Å². The average Bonchev–Trinajstić information content (AvgIpc) is 3.29. The lowest BCUT2D eigenvalue weighted by molar-refractivity contribution is -0.122. The number of amides is 1. The van der Waals surface area contributed by atoms with Crippen molar-refractivity contribution in [1.29, 1.82) is 5.26 Å². The highest BCUT2D eigenvalue weighted by atomic mass is 16.5. The minimum absolute atomic E-state index is 0.0990. The van der Waals surface area contributed by atoms with Crippen molar-refractivity contribution in [1.82, 2.24) is 14.5 Å². The van der Waals surface area contributed by atoms with Gasteiger partial charge >= 0.3 is 0 Å². The molecular formula is C29H25N5O2. The van der Waals surface area contributed by atoms with Crippen molar-refractivity contribution in [3.8, 4) is 17.6 Å². The van der Waals surface area contributed by atoms with Gasteiger partial charge in [-0.3, -0.25) is 9.69 Å². The van der Waals surface area contributed by atoms with Gasteiger partial charge in [-0.15, -0.1) is 0 Å². The Morgan fingerprint density at radius 1 is 1.06 bits per heavy atom. The maximum atomic E-state index is 13.5. The highest BCUT2D eigenvalue weighted by Gasteiger charge is 2.37. The Kier molecular flexibility index (Phi) is 4.66. The van der Waals surface area contributed by atoms with E-state index in [4.69, 9.17) is 4.74 Å². The van der Waals surface area contributed by atoms with Crippen LogP contribution >= 0.6 is 0 Å². The number of anilines is 1. The number of nitriles is 1. The highest BCUT2D eigenvalue weighted by Crippen LogP contribution is 2.42. The van der Waals surface area contributed by atoms with Gasteiger partial charge < -0.3 is 14.2 Å². The van der Waals surface area contributed by atoms with E-state index >= 15 is 0 Å². The predicted octanol–water partition coefficient (Wildman–Crippen LogP) is 5.10. The third kappa shape index (κ3) is 3.15. The van der Waals surface area contributed by atoms with E-state index in [1.165, 1.54) is 0 Å². The molecule has 8 bridgehead atoms. The van der Waals surface area contributed by atoms with E-state index in [0.717, 1.165) is 52.9 Å². The van der Waals surface area contributed by atoms with Crippen LogP contribution in [0.3, 0.4) is 0 Å². The maximum Gasteiger partial charge on any atom is 0.241 e. The molecule has 4 aromatic rings. The molecule has 36 heavy (non-hydrogen) atoms. The number of piperazine rings is 1. The summed E-state index contributed by atoms with van der Waals surface area (Å²) in [4.78, 5) is 22.4. The summed E-state index contributed by atoms with van der Waals surface area (Å²) in [5.41, 5.74) is 3.64. The Labute approximate surface area is 209 Å². The smallest absolute Gasteiger partial charge is 0.241 e. The summed E-state index contributed by atoms with van der Waals surface area (Å²) in [7, 11) is 0. The first-order valence-corrected chi connectivity index (χ1v) is 12.4. The Hall–Kier alpha value is -4.15. The summed E-state index contributed by atoms with van der Waals surface area (Å²) in [6.07, 6.45) is 3.83. The zero-order valence-corrected chi connectivity index (χ0v) is 20.0. The van der Waals surface area contributed by atoms with E-state index in [0.29, 0.717) is 30.2 Å². The number of ether oxygens (including phenoxy) is 1. The molecule has 3 aromatic carbocycles. The molecule has 178 valence electrons. The summed E-state index contributed by atoms with van der Waals surface area (Å²) in [6, 6.07) is 20.4. The van der Waals surface area contributed by atoms with Gasteiger partial charge in [0.1, 0.15) is 23.4 Å². The van der Waals surface area contributed by atoms with Crippen LogP contribution in [0, 0.1) is 18.3 Å². The molecule has 7 heteroatoms. The van der Waals surface area contributed by atoms with Crippen LogP contribution in [0.15, 0.2) is 60.8 Å². The summed E-state index contributed by atoms with van der Waals surface area (Å²) in [5.74, 6) is 2.25. The van der Waals surface area contributed by atoms with E-state index in [1.54, 1.807) is 0 Å². The number of aryl methyl sites for hydroxylation is 1. The highest BCUT2D eigenvalue weighted by molar-refractivity contribution is 6.05. The van der Waals surface area contributed by atoms with Crippen LogP contribution in [-0.4, -0.2) is 40.0 Å². The molecule has 1 amide bonds. The summed E-state index contributed by atoms with van der Waals surface area (Å²) >= 11 is 0. The molecule has 0 aliphatic carbocycles. The van der Waals surface area contributed by atoms with Gasteiger partial charge in [0.05, 0.1) is 41.8 Å². The maximum absolute atomic E-state index is 13.5. The lowest BCUT2D eigenvalue weighted by atomic mass is 9.91. The van der Waals surface area contributed by atoms with Crippen LogP contribution in [0.5, 0.6) is 11.5 Å². The molecule has 6 aliphatic rings. The fourth-order valence-corrected chi connectivity index (χ4v) is 6.20. The van der Waals surface area contributed by atoms with Crippen molar-refractivity contribution in [2.45, 2.75) is 31.8 Å². The van der Waals surface area contributed by atoms with E-state index in [1.807, 2.05) is 72.6 Å². The quantitative estimate of drug-likeness (QED) is 0.354. The Bertz CT molecular complexity index is 1580. The van der Waals surface area contributed by atoms with Crippen molar-refractivity contribution in [2.75, 3.05) is 24.5 Å². The molecule has 1 saturated heterocycles. The van der Waals surface area contributed by atoms with Gasteiger partial charge in [0, 0.05) is 18.5 Å². The molecule has 7 heterocycles. The number of imidazole rings is 1. The van der Waals surface area contributed by atoms with E-state index in [9.17, 15) is 10.1 Å². The van der Waals surface area contributed by atoms with Gasteiger partial charge in [-0.25, -0.2) is 4.98 Å². The van der Waals surface area contributed by atoms with Crippen molar-refractivity contribution in [3.05, 3.63) is 83.4 Å². The Balaban J connectivity index is 1.46. The minimum atomic E-state index is 0.0990. The Morgan fingerprint density at radius 3 is 2.81 bits per heavy atom. The third-order valence-corrected chi connectivity index (χ3v) is 7.93. The van der Waals surface area contributed by atoms with Crippen molar-refractivity contribution < 1.29 is 9.53 Å². The molecule has 0 N–H and O–H groups in total. The molecule has 0 saturated carbocycles. The molecule has 3 atom stereocenters. The fourth-order valence-electron chi connectivity index (χ4n) is 6.20. The van der Waals surface area contributed by atoms with Crippen LogP contribution in [0.25, 0.3) is 10.8 Å².